The molecule has 1 aliphatic heterocycles. The summed E-state index contributed by atoms with van der Waals surface area (Å²) in [4.78, 5) is 27.4. The first-order chi connectivity index (χ1) is 16.1. The van der Waals surface area contributed by atoms with E-state index < -0.39 is 0 Å². The molecular formula is C26H23N2O5+. The largest absolute Gasteiger partial charge is 0.497 e. The van der Waals surface area contributed by atoms with Crippen LogP contribution >= 0.6 is 0 Å². The van der Waals surface area contributed by atoms with Crippen LogP contribution in [0.5, 0.6) is 17.2 Å². The number of hydrogen-bond acceptors (Lipinski definition) is 5. The minimum atomic E-state index is -0.384. The van der Waals surface area contributed by atoms with Crippen molar-refractivity contribution in [3.63, 3.8) is 0 Å². The average molecular weight is 443 g/mol. The highest BCUT2D eigenvalue weighted by molar-refractivity contribution is 6.07. The van der Waals surface area contributed by atoms with Gasteiger partial charge in [-0.15, -0.1) is 0 Å². The van der Waals surface area contributed by atoms with E-state index in [1.54, 1.807) is 30.9 Å². The fourth-order valence-corrected chi connectivity index (χ4v) is 4.36. The smallest absolute Gasteiger partial charge is 0.354 e. The van der Waals surface area contributed by atoms with Gasteiger partial charge in [-0.2, -0.15) is 0 Å². The van der Waals surface area contributed by atoms with Gasteiger partial charge in [0.2, 0.25) is 0 Å². The van der Waals surface area contributed by atoms with Gasteiger partial charge < -0.3 is 18.8 Å². The molecule has 1 aliphatic rings. The van der Waals surface area contributed by atoms with Crippen molar-refractivity contribution in [2.75, 3.05) is 20.8 Å². The Hall–Kier alpha value is -4.10. The van der Waals surface area contributed by atoms with Crippen LogP contribution in [0.3, 0.4) is 0 Å². The number of rotatable bonds is 5. The second kappa shape index (κ2) is 8.44. The molecule has 0 radical (unpaired) electrons. The topological polar surface area (TPSA) is 83.4 Å². The number of para-hydroxylation sites is 3. The number of methoxy groups -OCH3 is 2. The fraction of sp³-hybridized carbons (Fsp3) is 0.154. The number of pyridine rings is 1. The summed E-state index contributed by atoms with van der Waals surface area (Å²) < 4.78 is 18.3. The number of hydrogen-bond donors (Lipinski definition) is 1. The first-order valence-electron chi connectivity index (χ1n) is 10.6. The lowest BCUT2D eigenvalue weighted by Crippen LogP contribution is -2.83. The van der Waals surface area contributed by atoms with Crippen LogP contribution in [0.1, 0.15) is 10.4 Å². The van der Waals surface area contributed by atoms with Crippen LogP contribution in [0.2, 0.25) is 0 Å². The number of carbonyl (C=O) groups excluding carboxylic acids is 1. The zero-order valence-electron chi connectivity index (χ0n) is 18.3. The van der Waals surface area contributed by atoms with E-state index in [-0.39, 0.29) is 17.0 Å². The van der Waals surface area contributed by atoms with Crippen molar-refractivity contribution < 1.29 is 24.3 Å². The summed E-state index contributed by atoms with van der Waals surface area (Å²) in [6.07, 6.45) is 0. The van der Waals surface area contributed by atoms with Crippen molar-refractivity contribution >= 4 is 22.5 Å². The molecule has 2 N–H and O–H groups in total. The van der Waals surface area contributed by atoms with Gasteiger partial charge in [-0.25, -0.2) is 10.1 Å². The average Bonchev–Trinajstić information content (AvgIpc) is 2.86. The number of ether oxygens (including phenoxy) is 3. The lowest BCUT2D eigenvalue weighted by molar-refractivity contribution is -0.464. The first-order valence-corrected chi connectivity index (χ1v) is 10.6. The van der Waals surface area contributed by atoms with E-state index in [2.05, 4.69) is 0 Å². The van der Waals surface area contributed by atoms with Gasteiger partial charge in [-0.05, 0) is 29.8 Å². The van der Waals surface area contributed by atoms with Crippen LogP contribution < -0.4 is 25.1 Å². The van der Waals surface area contributed by atoms with Crippen molar-refractivity contribution in [1.29, 1.82) is 0 Å². The second-order valence-corrected chi connectivity index (χ2v) is 7.69. The molecule has 33 heavy (non-hydrogen) atoms. The lowest BCUT2D eigenvalue weighted by atomic mass is 9.94. The molecular weight excluding hydrogens is 420 g/mol. The van der Waals surface area contributed by atoms with Gasteiger partial charge in [0.25, 0.3) is 5.56 Å². The number of nitrogens with two attached hydrogens (primary N) is 1. The van der Waals surface area contributed by atoms with E-state index in [9.17, 15) is 9.59 Å². The number of carbonyl (C=O) groups is 1. The number of primary amides is 1. The van der Waals surface area contributed by atoms with Crippen LogP contribution in [-0.4, -0.2) is 31.3 Å². The summed E-state index contributed by atoms with van der Waals surface area (Å²) in [7, 11) is 3.14. The Labute approximate surface area is 190 Å². The van der Waals surface area contributed by atoms with E-state index in [4.69, 9.17) is 14.2 Å². The van der Waals surface area contributed by atoms with Crippen molar-refractivity contribution in [2.45, 2.75) is 6.54 Å². The summed E-state index contributed by atoms with van der Waals surface area (Å²) in [5.74, 6) is 1.45. The maximum absolute atomic E-state index is 13.7. The molecule has 0 spiro atoms. The van der Waals surface area contributed by atoms with E-state index in [0.717, 1.165) is 10.9 Å². The maximum atomic E-state index is 13.7. The number of nitrogens with zero attached hydrogens (tertiary/aromatic N) is 1. The van der Waals surface area contributed by atoms with Crippen LogP contribution in [0.4, 0.5) is 5.69 Å². The van der Waals surface area contributed by atoms with Crippen molar-refractivity contribution in [3.05, 3.63) is 82.6 Å². The molecule has 1 aromatic heterocycles. The fourth-order valence-electron chi connectivity index (χ4n) is 4.36. The molecule has 0 saturated carbocycles. The number of quaternary nitrogens is 1. The van der Waals surface area contributed by atoms with Gasteiger partial charge in [-0.3, -0.25) is 4.79 Å². The van der Waals surface area contributed by atoms with Gasteiger partial charge in [0.1, 0.15) is 18.1 Å². The van der Waals surface area contributed by atoms with E-state index in [1.807, 2.05) is 54.6 Å². The minimum absolute atomic E-state index is 0.112. The summed E-state index contributed by atoms with van der Waals surface area (Å²) in [5.41, 5.74) is 2.36. The van der Waals surface area contributed by atoms with E-state index in [0.29, 0.717) is 47.2 Å². The highest BCUT2D eigenvalue weighted by atomic mass is 16.5. The summed E-state index contributed by atoms with van der Waals surface area (Å²) in [6.45, 7) is 0.744. The second-order valence-electron chi connectivity index (χ2n) is 7.69. The van der Waals surface area contributed by atoms with Crippen molar-refractivity contribution in [2.24, 2.45) is 0 Å². The number of aromatic nitrogens is 1. The van der Waals surface area contributed by atoms with Gasteiger partial charge >= 0.3 is 5.91 Å². The molecule has 4 aromatic rings. The van der Waals surface area contributed by atoms with Crippen LogP contribution in [0.15, 0.2) is 71.5 Å². The third kappa shape index (κ3) is 3.52. The molecule has 0 aliphatic carbocycles. The summed E-state index contributed by atoms with van der Waals surface area (Å²) in [6, 6.07) is 20.2. The highest BCUT2D eigenvalue weighted by Gasteiger charge is 2.29. The normalized spacial score (nSPS) is 12.3. The van der Waals surface area contributed by atoms with E-state index in [1.165, 1.54) is 5.32 Å². The predicted molar refractivity (Wildman–Crippen MR) is 125 cm³/mol. The van der Waals surface area contributed by atoms with Gasteiger partial charge in [-0.1, -0.05) is 36.4 Å². The van der Waals surface area contributed by atoms with Crippen molar-refractivity contribution in [3.8, 4) is 28.4 Å². The standard InChI is InChI=1S/C26H22N2O5/c1-31-17-8-5-7-16(15-17)22-18-9-6-12-21-24(18)28(13-14-33-21)26(30)23(22)25(29)27-19-10-3-4-11-20(19)32-2/h3-12,15H,13-14H2,1-2H3,(H,27,29)/p+1. The van der Waals surface area contributed by atoms with Gasteiger partial charge in [0, 0.05) is 17.0 Å². The molecule has 2 heterocycles. The third-order valence-electron chi connectivity index (χ3n) is 5.85. The maximum Gasteiger partial charge on any atom is 0.354 e. The summed E-state index contributed by atoms with van der Waals surface area (Å²) in [5, 5.41) is 2.23. The van der Waals surface area contributed by atoms with Crippen molar-refractivity contribution in [1.82, 2.24) is 4.57 Å². The molecule has 7 heteroatoms. The Morgan fingerprint density at radius 1 is 1.00 bits per heavy atom. The first kappa shape index (κ1) is 20.8. The Kier molecular flexibility index (Phi) is 5.32. The quantitative estimate of drug-likeness (QED) is 0.479. The molecule has 0 bridgehead atoms. The third-order valence-corrected chi connectivity index (χ3v) is 5.85. The molecule has 3 aromatic carbocycles. The highest BCUT2D eigenvalue weighted by Crippen LogP contribution is 2.37. The molecule has 7 nitrogen and oxygen atoms in total. The van der Waals surface area contributed by atoms with Crippen LogP contribution in [-0.2, 0) is 6.54 Å². The summed E-state index contributed by atoms with van der Waals surface area (Å²) >= 11 is 0. The number of amides is 1. The molecule has 0 fully saturated rings. The zero-order chi connectivity index (χ0) is 22.9. The SMILES string of the molecule is COc1cccc(-c2c(C(=O)[NH2+]c3ccccc3OC)c(=O)n3c4c(cccc24)OCC3)c1. The molecule has 5 rings (SSSR count). The Morgan fingerprint density at radius 2 is 1.82 bits per heavy atom. The molecule has 1 amide bonds. The number of benzene rings is 3. The van der Waals surface area contributed by atoms with Crippen LogP contribution in [0, 0.1) is 0 Å². The Balaban J connectivity index is 1.80. The minimum Gasteiger partial charge on any atom is -0.497 e. The lowest BCUT2D eigenvalue weighted by Gasteiger charge is -2.23. The Bertz CT molecular complexity index is 1440. The zero-order valence-corrected chi connectivity index (χ0v) is 18.3. The monoisotopic (exact) mass is 443 g/mol. The Morgan fingerprint density at radius 3 is 2.64 bits per heavy atom. The molecule has 166 valence electrons. The molecule has 0 unspecified atom stereocenters. The van der Waals surface area contributed by atoms with E-state index >= 15 is 0 Å². The van der Waals surface area contributed by atoms with Crippen LogP contribution in [0.25, 0.3) is 22.0 Å². The molecule has 0 saturated heterocycles. The predicted octanol–water partition coefficient (Wildman–Crippen LogP) is 3.11. The van der Waals surface area contributed by atoms with Gasteiger partial charge in [0.05, 0.1) is 26.3 Å². The molecule has 0 atom stereocenters. The van der Waals surface area contributed by atoms with Gasteiger partial charge in [0.15, 0.2) is 17.0 Å².